The van der Waals surface area contributed by atoms with Gasteiger partial charge < -0.3 is 14.5 Å². The highest BCUT2D eigenvalue weighted by atomic mass is 19.1. The van der Waals surface area contributed by atoms with Crippen LogP contribution in [-0.4, -0.2) is 53.0 Å². The largest absolute Gasteiger partial charge is 0.483 e. The van der Waals surface area contributed by atoms with Crippen molar-refractivity contribution in [3.63, 3.8) is 0 Å². The smallest absolute Gasteiger partial charge is 0.254 e. The first kappa shape index (κ1) is 22.6. The maximum atomic E-state index is 14.6. The summed E-state index contributed by atoms with van der Waals surface area (Å²) in [5.41, 5.74) is 0.365. The molecule has 0 N–H and O–H groups in total. The Kier molecular flexibility index (Phi) is 6.54. The number of carbonyl (C=O) groups excluding carboxylic acids is 2. The average molecular weight is 457 g/mol. The lowest BCUT2D eigenvalue weighted by Crippen LogP contribution is -2.49. The third-order valence-corrected chi connectivity index (χ3v) is 5.95. The number of benzene rings is 2. The Bertz CT molecular complexity index is 1070. The lowest BCUT2D eigenvalue weighted by molar-refractivity contribution is -0.135. The van der Waals surface area contributed by atoms with E-state index in [1.54, 1.807) is 30.3 Å². The van der Waals surface area contributed by atoms with Gasteiger partial charge in [-0.15, -0.1) is 0 Å². The van der Waals surface area contributed by atoms with Gasteiger partial charge in [-0.3, -0.25) is 9.59 Å². The fourth-order valence-corrected chi connectivity index (χ4v) is 4.32. The minimum Gasteiger partial charge on any atom is -0.483 e. The SMILES string of the molecule is N#C[C@H]1CCCN1C(=O)[C@@H]1C[C@@H](F)CN1C(=O)c1cc(F)c(OCc2ccccc2)c(F)c1. The van der Waals surface area contributed by atoms with Gasteiger partial charge in [-0.1, -0.05) is 30.3 Å². The Morgan fingerprint density at radius 1 is 1.12 bits per heavy atom. The van der Waals surface area contributed by atoms with Crippen molar-refractivity contribution in [3.8, 4) is 11.8 Å². The number of likely N-dealkylation sites (tertiary alicyclic amines) is 2. The van der Waals surface area contributed by atoms with Gasteiger partial charge in [0.1, 0.15) is 24.9 Å². The van der Waals surface area contributed by atoms with E-state index in [1.807, 2.05) is 6.07 Å². The number of amides is 2. The zero-order chi connectivity index (χ0) is 23.5. The second-order valence-corrected chi connectivity index (χ2v) is 8.17. The minimum absolute atomic E-state index is 0.0654. The van der Waals surface area contributed by atoms with Gasteiger partial charge in [0.2, 0.25) is 5.91 Å². The molecule has 0 bridgehead atoms. The van der Waals surface area contributed by atoms with Crippen LogP contribution < -0.4 is 4.74 Å². The van der Waals surface area contributed by atoms with Gasteiger partial charge in [-0.05, 0) is 30.5 Å². The molecule has 0 aliphatic carbocycles. The molecule has 33 heavy (non-hydrogen) atoms. The molecule has 2 amide bonds. The van der Waals surface area contributed by atoms with Crippen LogP contribution in [0.2, 0.25) is 0 Å². The van der Waals surface area contributed by atoms with Gasteiger partial charge in [0.05, 0.1) is 12.6 Å². The fourth-order valence-electron chi connectivity index (χ4n) is 4.32. The van der Waals surface area contributed by atoms with Crippen LogP contribution in [0.4, 0.5) is 13.2 Å². The van der Waals surface area contributed by atoms with E-state index < -0.39 is 47.5 Å². The number of nitriles is 1. The quantitative estimate of drug-likeness (QED) is 0.688. The van der Waals surface area contributed by atoms with E-state index in [2.05, 4.69) is 0 Å². The van der Waals surface area contributed by atoms with E-state index in [4.69, 9.17) is 4.74 Å². The Hall–Kier alpha value is -3.54. The van der Waals surface area contributed by atoms with E-state index in [-0.39, 0.29) is 25.1 Å². The first-order valence-electron chi connectivity index (χ1n) is 10.7. The van der Waals surface area contributed by atoms with Crippen LogP contribution in [0.1, 0.15) is 35.2 Å². The molecule has 0 unspecified atom stereocenters. The van der Waals surface area contributed by atoms with Crippen molar-refractivity contribution in [1.82, 2.24) is 9.80 Å². The zero-order valence-corrected chi connectivity index (χ0v) is 17.7. The molecule has 0 radical (unpaired) electrons. The molecule has 3 atom stereocenters. The molecule has 2 saturated heterocycles. The molecule has 2 aliphatic heterocycles. The number of alkyl halides is 1. The molecule has 2 aliphatic rings. The van der Waals surface area contributed by atoms with Gasteiger partial charge in [-0.2, -0.15) is 5.26 Å². The normalized spacial score (nSPS) is 22.3. The monoisotopic (exact) mass is 457 g/mol. The Balaban J connectivity index is 1.52. The molecule has 2 aromatic rings. The highest BCUT2D eigenvalue weighted by Crippen LogP contribution is 2.30. The van der Waals surface area contributed by atoms with Crippen LogP contribution in [0.5, 0.6) is 5.75 Å². The highest BCUT2D eigenvalue weighted by molar-refractivity contribution is 5.98. The standard InChI is InChI=1S/C24H22F3N3O3/c25-17-11-21(24(32)29-8-4-7-18(29)12-28)30(13-17)23(31)16-9-19(26)22(20(27)10-16)33-14-15-5-2-1-3-6-15/h1-3,5-6,9-10,17-18,21H,4,7-8,11,13-14H2/t17-,18-,21+/m1/s1. The molecule has 2 fully saturated rings. The van der Waals surface area contributed by atoms with E-state index in [0.29, 0.717) is 24.9 Å². The van der Waals surface area contributed by atoms with Crippen molar-refractivity contribution in [3.05, 3.63) is 65.2 Å². The second kappa shape index (κ2) is 9.53. The molecule has 172 valence electrons. The van der Waals surface area contributed by atoms with Crippen LogP contribution in [0.3, 0.4) is 0 Å². The lowest BCUT2D eigenvalue weighted by Gasteiger charge is -2.29. The summed E-state index contributed by atoms with van der Waals surface area (Å²) in [6.45, 7) is -0.0802. The van der Waals surface area contributed by atoms with Gasteiger partial charge in [0, 0.05) is 18.5 Å². The van der Waals surface area contributed by atoms with Crippen LogP contribution in [-0.2, 0) is 11.4 Å². The minimum atomic E-state index is -1.45. The maximum absolute atomic E-state index is 14.6. The molecular weight excluding hydrogens is 435 g/mol. The van der Waals surface area contributed by atoms with Crippen molar-refractivity contribution < 1.29 is 27.5 Å². The molecule has 0 spiro atoms. The van der Waals surface area contributed by atoms with Gasteiger partial charge in [0.25, 0.3) is 5.91 Å². The predicted molar refractivity (Wildman–Crippen MR) is 112 cm³/mol. The van der Waals surface area contributed by atoms with E-state index in [1.165, 1.54) is 4.90 Å². The summed E-state index contributed by atoms with van der Waals surface area (Å²) in [5.74, 6) is -4.14. The maximum Gasteiger partial charge on any atom is 0.254 e. The molecule has 0 saturated carbocycles. The van der Waals surface area contributed by atoms with Crippen molar-refractivity contribution >= 4 is 11.8 Å². The van der Waals surface area contributed by atoms with Crippen LogP contribution in [0.15, 0.2) is 42.5 Å². The third kappa shape index (κ3) is 4.65. The van der Waals surface area contributed by atoms with E-state index in [9.17, 15) is 28.0 Å². The van der Waals surface area contributed by atoms with Crippen molar-refractivity contribution in [2.45, 2.75) is 44.1 Å². The molecule has 6 nitrogen and oxygen atoms in total. The predicted octanol–water partition coefficient (Wildman–Crippen LogP) is 3.61. The van der Waals surface area contributed by atoms with Crippen LogP contribution >= 0.6 is 0 Å². The molecule has 0 aromatic heterocycles. The summed E-state index contributed by atoms with van der Waals surface area (Å²) in [4.78, 5) is 28.3. The second-order valence-electron chi connectivity index (χ2n) is 8.17. The van der Waals surface area contributed by atoms with Crippen LogP contribution in [0, 0.1) is 23.0 Å². The molecule has 4 rings (SSSR count). The topological polar surface area (TPSA) is 73.6 Å². The van der Waals surface area contributed by atoms with Crippen molar-refractivity contribution in [2.75, 3.05) is 13.1 Å². The summed E-state index contributed by atoms with van der Waals surface area (Å²) in [5, 5.41) is 9.24. The number of halogens is 3. The lowest BCUT2D eigenvalue weighted by atomic mass is 10.1. The first-order valence-corrected chi connectivity index (χ1v) is 10.7. The summed E-state index contributed by atoms with van der Waals surface area (Å²) >= 11 is 0. The first-order chi connectivity index (χ1) is 15.9. The molecule has 9 heteroatoms. The molecular formula is C24H22F3N3O3. The van der Waals surface area contributed by atoms with Crippen molar-refractivity contribution in [2.24, 2.45) is 0 Å². The van der Waals surface area contributed by atoms with E-state index >= 15 is 0 Å². The summed E-state index contributed by atoms with van der Waals surface area (Å²) in [6.07, 6.45) is -0.509. The number of hydrogen-bond acceptors (Lipinski definition) is 4. The molecule has 2 aromatic carbocycles. The highest BCUT2D eigenvalue weighted by Gasteiger charge is 2.44. The van der Waals surface area contributed by atoms with Gasteiger partial charge >= 0.3 is 0 Å². The van der Waals surface area contributed by atoms with E-state index in [0.717, 1.165) is 17.0 Å². The Morgan fingerprint density at radius 2 is 1.82 bits per heavy atom. The summed E-state index contributed by atoms with van der Waals surface area (Å²) in [7, 11) is 0. The number of carbonyl (C=O) groups is 2. The van der Waals surface area contributed by atoms with Crippen molar-refractivity contribution in [1.29, 1.82) is 5.26 Å². The fraction of sp³-hybridized carbons (Fsp3) is 0.375. The third-order valence-electron chi connectivity index (χ3n) is 5.95. The van der Waals surface area contributed by atoms with Gasteiger partial charge in [0.15, 0.2) is 17.4 Å². The Morgan fingerprint density at radius 3 is 2.48 bits per heavy atom. The summed E-state index contributed by atoms with van der Waals surface area (Å²) < 4.78 is 48.7. The number of ether oxygens (including phenoxy) is 1. The van der Waals surface area contributed by atoms with Crippen LogP contribution in [0.25, 0.3) is 0 Å². The molecule has 2 heterocycles. The summed E-state index contributed by atoms with van der Waals surface area (Å²) in [6, 6.07) is 10.8. The number of nitrogens with zero attached hydrogens (tertiary/aromatic N) is 3. The zero-order valence-electron chi connectivity index (χ0n) is 17.7. The average Bonchev–Trinajstić information content (AvgIpc) is 3.44. The number of rotatable bonds is 5. The Labute approximate surface area is 189 Å². The number of hydrogen-bond donors (Lipinski definition) is 0. The van der Waals surface area contributed by atoms with Gasteiger partial charge in [-0.25, -0.2) is 13.2 Å².